The second-order valence-electron chi connectivity index (χ2n) is 8.25. The second-order valence-corrected chi connectivity index (χ2v) is 9.25. The third kappa shape index (κ3) is 4.68. The van der Waals surface area contributed by atoms with Gasteiger partial charge in [-0.3, -0.25) is 19.3 Å². The number of rotatable bonds is 5. The van der Waals surface area contributed by atoms with Crippen LogP contribution in [0, 0.1) is 33.5 Å². The van der Waals surface area contributed by atoms with E-state index < -0.39 is 29.4 Å². The molecule has 0 saturated carbocycles. The fraction of sp³-hybridized carbons (Fsp3) is 0.192. The molecule has 0 spiro atoms. The molecular weight excluding hydrogens is 453 g/mol. The summed E-state index contributed by atoms with van der Waals surface area (Å²) >= 11 is 0.811. The van der Waals surface area contributed by atoms with Gasteiger partial charge in [-0.2, -0.15) is 0 Å². The van der Waals surface area contributed by atoms with Gasteiger partial charge in [0, 0.05) is 22.8 Å². The van der Waals surface area contributed by atoms with Crippen LogP contribution in [0.25, 0.3) is 11.8 Å². The van der Waals surface area contributed by atoms with Crippen molar-refractivity contribution in [3.63, 3.8) is 0 Å². The number of hydrogen-bond acceptors (Lipinski definition) is 4. The molecule has 0 bridgehead atoms. The number of carbonyl (C=O) groups excluding carboxylic acids is 3. The number of thioether (sulfide) groups is 1. The Bertz CT molecular complexity index is 1340. The largest absolute Gasteiger partial charge is 0.325 e. The minimum absolute atomic E-state index is 0.264. The van der Waals surface area contributed by atoms with E-state index in [4.69, 9.17) is 0 Å². The Morgan fingerprint density at radius 1 is 1.00 bits per heavy atom. The molecule has 3 amide bonds. The molecule has 0 aliphatic carbocycles. The van der Waals surface area contributed by atoms with Crippen molar-refractivity contribution in [1.29, 1.82) is 0 Å². The second kappa shape index (κ2) is 9.30. The van der Waals surface area contributed by atoms with E-state index in [1.807, 2.05) is 19.9 Å². The number of aromatic nitrogens is 1. The number of nitrogens with zero attached hydrogens (tertiary/aromatic N) is 2. The molecule has 1 aliphatic heterocycles. The van der Waals surface area contributed by atoms with Crippen molar-refractivity contribution in [2.45, 2.75) is 27.7 Å². The van der Waals surface area contributed by atoms with Crippen molar-refractivity contribution in [3.8, 4) is 5.69 Å². The number of hydrogen-bond donors (Lipinski definition) is 1. The van der Waals surface area contributed by atoms with Crippen LogP contribution in [0.3, 0.4) is 0 Å². The maximum Gasteiger partial charge on any atom is 0.294 e. The summed E-state index contributed by atoms with van der Waals surface area (Å²) in [5.74, 6) is -1.48. The van der Waals surface area contributed by atoms with Crippen molar-refractivity contribution in [2.24, 2.45) is 0 Å². The molecule has 4 rings (SSSR count). The van der Waals surface area contributed by atoms with E-state index >= 15 is 0 Å². The topological polar surface area (TPSA) is 71.4 Å². The molecule has 174 valence electrons. The molecular formula is C26H24FN3O3S. The first-order chi connectivity index (χ1) is 16.1. The summed E-state index contributed by atoms with van der Waals surface area (Å²) in [7, 11) is 0. The van der Waals surface area contributed by atoms with Crippen LogP contribution in [-0.4, -0.2) is 33.1 Å². The van der Waals surface area contributed by atoms with Gasteiger partial charge in [0.15, 0.2) is 0 Å². The lowest BCUT2D eigenvalue weighted by atomic mass is 10.1. The Hall–Kier alpha value is -3.65. The number of aryl methyl sites for hydroxylation is 3. The molecule has 1 aromatic heterocycles. The van der Waals surface area contributed by atoms with Crippen molar-refractivity contribution in [1.82, 2.24) is 9.47 Å². The Labute approximate surface area is 201 Å². The number of benzene rings is 2. The number of carbonyl (C=O) groups is 3. The fourth-order valence-electron chi connectivity index (χ4n) is 3.85. The Kier molecular flexibility index (Phi) is 6.43. The highest BCUT2D eigenvalue weighted by atomic mass is 32.2. The molecule has 0 radical (unpaired) electrons. The lowest BCUT2D eigenvalue weighted by Crippen LogP contribution is -2.36. The molecule has 34 heavy (non-hydrogen) atoms. The van der Waals surface area contributed by atoms with Gasteiger partial charge in [-0.1, -0.05) is 6.07 Å². The first-order valence-electron chi connectivity index (χ1n) is 10.7. The van der Waals surface area contributed by atoms with Crippen LogP contribution in [0.2, 0.25) is 0 Å². The van der Waals surface area contributed by atoms with Crippen LogP contribution in [-0.2, 0) is 9.59 Å². The maximum atomic E-state index is 13.0. The molecule has 1 aliphatic rings. The van der Waals surface area contributed by atoms with E-state index in [2.05, 4.69) is 41.9 Å². The van der Waals surface area contributed by atoms with E-state index in [9.17, 15) is 18.8 Å². The van der Waals surface area contributed by atoms with Gasteiger partial charge >= 0.3 is 0 Å². The molecule has 0 unspecified atom stereocenters. The van der Waals surface area contributed by atoms with E-state index in [1.54, 1.807) is 6.08 Å². The number of halogens is 1. The minimum atomic E-state index is -0.539. The third-order valence-electron chi connectivity index (χ3n) is 5.81. The quantitative estimate of drug-likeness (QED) is 0.491. The van der Waals surface area contributed by atoms with Gasteiger partial charge in [0.2, 0.25) is 5.91 Å². The summed E-state index contributed by atoms with van der Waals surface area (Å²) in [6.45, 7) is 7.67. The molecule has 1 N–H and O–H groups in total. The average Bonchev–Trinajstić information content (AvgIpc) is 3.21. The molecule has 3 aromatic rings. The van der Waals surface area contributed by atoms with Gasteiger partial charge in [0.1, 0.15) is 12.4 Å². The number of imide groups is 1. The zero-order chi connectivity index (χ0) is 24.6. The lowest BCUT2D eigenvalue weighted by Gasteiger charge is -2.12. The summed E-state index contributed by atoms with van der Waals surface area (Å²) < 4.78 is 15.2. The molecule has 1 fully saturated rings. The van der Waals surface area contributed by atoms with Gasteiger partial charge in [-0.05, 0) is 105 Å². The van der Waals surface area contributed by atoms with Gasteiger partial charge in [0.05, 0.1) is 4.91 Å². The highest BCUT2D eigenvalue weighted by Crippen LogP contribution is 2.34. The van der Waals surface area contributed by atoms with Gasteiger partial charge in [-0.15, -0.1) is 0 Å². The number of amides is 3. The molecule has 6 nitrogen and oxygen atoms in total. The Balaban J connectivity index is 1.53. The number of nitrogens with one attached hydrogen (secondary N) is 1. The van der Waals surface area contributed by atoms with E-state index in [0.717, 1.165) is 39.3 Å². The van der Waals surface area contributed by atoms with Crippen LogP contribution < -0.4 is 5.32 Å². The van der Waals surface area contributed by atoms with Crippen LogP contribution in [0.4, 0.5) is 14.9 Å². The zero-order valence-electron chi connectivity index (χ0n) is 19.3. The van der Waals surface area contributed by atoms with Crippen molar-refractivity contribution >= 4 is 40.6 Å². The summed E-state index contributed by atoms with van der Waals surface area (Å²) in [4.78, 5) is 38.9. The Morgan fingerprint density at radius 2 is 1.71 bits per heavy atom. The highest BCUT2D eigenvalue weighted by molar-refractivity contribution is 8.18. The first-order valence-corrected chi connectivity index (χ1v) is 11.5. The standard InChI is InChI=1S/C26H24FN3O3S/c1-15-5-10-22(11-16(15)2)30-17(3)12-19(18(30)4)13-23-25(32)29(26(33)34-23)14-24(31)28-21-8-6-20(27)7-9-21/h5-13H,14H2,1-4H3,(H,28,31)/b23-13-. The summed E-state index contributed by atoms with van der Waals surface area (Å²) in [6.07, 6.45) is 1.70. The first kappa shape index (κ1) is 23.5. The molecule has 8 heteroatoms. The normalized spacial score (nSPS) is 14.9. The smallest absolute Gasteiger partial charge is 0.294 e. The zero-order valence-corrected chi connectivity index (χ0v) is 20.1. The predicted octanol–water partition coefficient (Wildman–Crippen LogP) is 5.53. The van der Waals surface area contributed by atoms with Crippen LogP contribution in [0.1, 0.15) is 28.1 Å². The van der Waals surface area contributed by atoms with Crippen LogP contribution >= 0.6 is 11.8 Å². The van der Waals surface area contributed by atoms with Gasteiger partial charge in [0.25, 0.3) is 11.1 Å². The predicted molar refractivity (Wildman–Crippen MR) is 132 cm³/mol. The Morgan fingerprint density at radius 3 is 2.38 bits per heavy atom. The monoisotopic (exact) mass is 477 g/mol. The van der Waals surface area contributed by atoms with Gasteiger partial charge in [-0.25, -0.2) is 4.39 Å². The maximum absolute atomic E-state index is 13.0. The number of anilines is 1. The summed E-state index contributed by atoms with van der Waals surface area (Å²) in [6, 6.07) is 13.5. The average molecular weight is 478 g/mol. The van der Waals surface area contributed by atoms with Crippen molar-refractivity contribution in [2.75, 3.05) is 11.9 Å². The van der Waals surface area contributed by atoms with Crippen LogP contribution in [0.5, 0.6) is 0 Å². The van der Waals surface area contributed by atoms with Crippen molar-refractivity contribution < 1.29 is 18.8 Å². The summed E-state index contributed by atoms with van der Waals surface area (Å²) in [5, 5.41) is 2.06. The summed E-state index contributed by atoms with van der Waals surface area (Å²) in [5.41, 5.74) is 6.59. The molecule has 2 heterocycles. The third-order valence-corrected chi connectivity index (χ3v) is 6.72. The van der Waals surface area contributed by atoms with E-state index in [1.165, 1.54) is 35.4 Å². The minimum Gasteiger partial charge on any atom is -0.325 e. The van der Waals surface area contributed by atoms with Gasteiger partial charge < -0.3 is 9.88 Å². The van der Waals surface area contributed by atoms with E-state index in [0.29, 0.717) is 5.69 Å². The molecule has 1 saturated heterocycles. The molecule has 0 atom stereocenters. The SMILES string of the molecule is Cc1ccc(-n2c(C)cc(/C=C3\SC(=O)N(CC(=O)Nc4ccc(F)cc4)C3=O)c2C)cc1C. The van der Waals surface area contributed by atoms with E-state index in [-0.39, 0.29) is 4.91 Å². The lowest BCUT2D eigenvalue weighted by molar-refractivity contribution is -0.127. The highest BCUT2D eigenvalue weighted by Gasteiger charge is 2.36. The fourth-order valence-corrected chi connectivity index (χ4v) is 4.68. The van der Waals surface area contributed by atoms with Crippen LogP contribution in [0.15, 0.2) is 53.4 Å². The molecule has 2 aromatic carbocycles. The van der Waals surface area contributed by atoms with Crippen molar-refractivity contribution in [3.05, 3.63) is 87.3 Å².